The molecule has 8 heteroatoms. The second-order valence-electron chi connectivity index (χ2n) is 6.28. The van der Waals surface area contributed by atoms with E-state index in [0.29, 0.717) is 10.6 Å². The van der Waals surface area contributed by atoms with Crippen molar-refractivity contribution in [1.29, 1.82) is 0 Å². The average molecular weight is 419 g/mol. The highest BCUT2D eigenvalue weighted by atomic mass is 32.1. The van der Waals surface area contributed by atoms with Crippen molar-refractivity contribution in [1.82, 2.24) is 9.97 Å². The molecular weight excluding hydrogens is 402 g/mol. The van der Waals surface area contributed by atoms with Crippen LogP contribution in [0.25, 0.3) is 22.2 Å². The van der Waals surface area contributed by atoms with Gasteiger partial charge in [-0.25, -0.2) is 14.8 Å². The molecule has 0 bridgehead atoms. The molecule has 150 valence electrons. The quantitative estimate of drug-likeness (QED) is 0.472. The van der Waals surface area contributed by atoms with Crippen LogP contribution in [0.4, 0.5) is 5.13 Å². The molecule has 2 aromatic carbocycles. The van der Waals surface area contributed by atoms with Gasteiger partial charge in [-0.1, -0.05) is 24.3 Å². The van der Waals surface area contributed by atoms with Gasteiger partial charge in [-0.2, -0.15) is 0 Å². The first-order valence-corrected chi connectivity index (χ1v) is 9.93. The Kier molecular flexibility index (Phi) is 5.67. The maximum absolute atomic E-state index is 12.2. The number of nitrogens with zero attached hydrogens (tertiary/aromatic N) is 2. The van der Waals surface area contributed by atoms with Crippen LogP contribution in [0.1, 0.15) is 10.5 Å². The van der Waals surface area contributed by atoms with Gasteiger partial charge in [0.2, 0.25) is 0 Å². The smallest absolute Gasteiger partial charge is 0.357 e. The van der Waals surface area contributed by atoms with Gasteiger partial charge < -0.3 is 9.47 Å². The maximum atomic E-state index is 12.2. The summed E-state index contributed by atoms with van der Waals surface area (Å²) < 4.78 is 10.2. The van der Waals surface area contributed by atoms with Gasteiger partial charge in [0.25, 0.3) is 5.91 Å². The van der Waals surface area contributed by atoms with Gasteiger partial charge in [-0.3, -0.25) is 10.1 Å². The van der Waals surface area contributed by atoms with Crippen LogP contribution in [0.5, 0.6) is 5.75 Å². The topological polar surface area (TPSA) is 90.4 Å². The van der Waals surface area contributed by atoms with Crippen molar-refractivity contribution in [3.05, 3.63) is 71.7 Å². The lowest BCUT2D eigenvalue weighted by molar-refractivity contribution is -0.119. The SMILES string of the molecule is COc1ccc(-c2csc(NC(=O)COC(=O)c3ccc4ccccc4n3)n2)cc1. The van der Waals surface area contributed by atoms with Crippen LogP contribution in [0, 0.1) is 0 Å². The van der Waals surface area contributed by atoms with Crippen LogP contribution in [-0.2, 0) is 9.53 Å². The van der Waals surface area contributed by atoms with Crippen LogP contribution >= 0.6 is 11.3 Å². The molecule has 0 unspecified atom stereocenters. The summed E-state index contributed by atoms with van der Waals surface area (Å²) in [5.74, 6) is -0.376. The molecule has 0 radical (unpaired) electrons. The first-order chi connectivity index (χ1) is 14.6. The molecule has 4 rings (SSSR count). The van der Waals surface area contributed by atoms with Crippen molar-refractivity contribution in [3.8, 4) is 17.0 Å². The highest BCUT2D eigenvalue weighted by Gasteiger charge is 2.14. The van der Waals surface area contributed by atoms with E-state index in [9.17, 15) is 9.59 Å². The number of hydrogen-bond donors (Lipinski definition) is 1. The number of aromatic nitrogens is 2. The van der Waals surface area contributed by atoms with Crippen LogP contribution < -0.4 is 10.1 Å². The second-order valence-corrected chi connectivity index (χ2v) is 7.14. The number of esters is 1. The average Bonchev–Trinajstić information content (AvgIpc) is 3.25. The van der Waals surface area contributed by atoms with Gasteiger partial charge in [0.15, 0.2) is 11.7 Å². The molecule has 0 atom stereocenters. The number of para-hydroxylation sites is 1. The Balaban J connectivity index is 1.34. The number of fused-ring (bicyclic) bond motifs is 1. The molecule has 1 N–H and O–H groups in total. The predicted molar refractivity (Wildman–Crippen MR) is 115 cm³/mol. The molecule has 4 aromatic rings. The number of thiazole rings is 1. The molecule has 30 heavy (non-hydrogen) atoms. The molecule has 7 nitrogen and oxygen atoms in total. The molecular formula is C22H17N3O4S. The fourth-order valence-corrected chi connectivity index (χ4v) is 3.50. The molecule has 2 heterocycles. The summed E-state index contributed by atoms with van der Waals surface area (Å²) in [6.45, 7) is -0.426. The zero-order chi connectivity index (χ0) is 20.9. The Morgan fingerprint density at radius 3 is 2.60 bits per heavy atom. The van der Waals surface area contributed by atoms with Crippen molar-refractivity contribution in [2.45, 2.75) is 0 Å². The Bertz CT molecular complexity index is 1200. The van der Waals surface area contributed by atoms with E-state index in [2.05, 4.69) is 15.3 Å². The number of pyridine rings is 1. The Labute approximate surface area is 176 Å². The van der Waals surface area contributed by atoms with Crippen molar-refractivity contribution in [2.75, 3.05) is 19.0 Å². The predicted octanol–water partition coefficient (Wildman–Crippen LogP) is 4.16. The number of amides is 1. The number of ether oxygens (including phenoxy) is 2. The standard InChI is InChI=1S/C22H17N3O4S/c1-28-16-9-6-15(7-10-16)19-13-30-22(24-19)25-20(26)12-29-21(27)18-11-8-14-4-2-3-5-17(14)23-18/h2-11,13H,12H2,1H3,(H,24,25,26). The number of benzene rings is 2. The normalized spacial score (nSPS) is 10.6. The third-order valence-corrected chi connectivity index (χ3v) is 5.04. The summed E-state index contributed by atoms with van der Waals surface area (Å²) in [5.41, 5.74) is 2.47. The molecule has 0 fully saturated rings. The molecule has 1 amide bonds. The first kappa shape index (κ1) is 19.5. The highest BCUT2D eigenvalue weighted by Crippen LogP contribution is 2.26. The minimum atomic E-state index is -0.658. The first-order valence-electron chi connectivity index (χ1n) is 9.05. The van der Waals surface area contributed by atoms with Gasteiger partial charge in [-0.05, 0) is 36.4 Å². The zero-order valence-corrected chi connectivity index (χ0v) is 16.8. The van der Waals surface area contributed by atoms with E-state index >= 15 is 0 Å². The zero-order valence-electron chi connectivity index (χ0n) is 16.0. The monoisotopic (exact) mass is 419 g/mol. The minimum Gasteiger partial charge on any atom is -0.497 e. The van der Waals surface area contributed by atoms with Gasteiger partial charge >= 0.3 is 5.97 Å². The highest BCUT2D eigenvalue weighted by molar-refractivity contribution is 7.14. The number of hydrogen-bond acceptors (Lipinski definition) is 7. The van der Waals surface area contributed by atoms with E-state index in [4.69, 9.17) is 9.47 Å². The number of methoxy groups -OCH3 is 1. The Hall–Kier alpha value is -3.78. The summed E-state index contributed by atoms with van der Waals surface area (Å²) >= 11 is 1.29. The van der Waals surface area contributed by atoms with Crippen LogP contribution in [0.2, 0.25) is 0 Å². The largest absolute Gasteiger partial charge is 0.497 e. The molecule has 2 aromatic heterocycles. The van der Waals surface area contributed by atoms with Crippen LogP contribution in [0.15, 0.2) is 66.0 Å². The summed E-state index contributed by atoms with van der Waals surface area (Å²) in [4.78, 5) is 33.0. The van der Waals surface area contributed by atoms with Crippen LogP contribution in [0.3, 0.4) is 0 Å². The minimum absolute atomic E-state index is 0.151. The summed E-state index contributed by atoms with van der Waals surface area (Å²) in [6.07, 6.45) is 0. The van der Waals surface area contributed by atoms with Crippen molar-refractivity contribution >= 4 is 39.2 Å². The lowest BCUT2D eigenvalue weighted by Gasteiger charge is -2.05. The lowest BCUT2D eigenvalue weighted by atomic mass is 10.2. The number of carbonyl (C=O) groups excluding carboxylic acids is 2. The number of anilines is 1. The fourth-order valence-electron chi connectivity index (χ4n) is 2.77. The van der Waals surface area contributed by atoms with E-state index in [1.807, 2.05) is 53.9 Å². The van der Waals surface area contributed by atoms with Gasteiger partial charge in [0.1, 0.15) is 11.4 Å². The van der Waals surface area contributed by atoms with Crippen molar-refractivity contribution in [2.24, 2.45) is 0 Å². The number of carbonyl (C=O) groups is 2. The number of rotatable bonds is 6. The van der Waals surface area contributed by atoms with E-state index < -0.39 is 18.5 Å². The third-order valence-electron chi connectivity index (χ3n) is 4.28. The number of nitrogens with one attached hydrogen (secondary N) is 1. The fraction of sp³-hybridized carbons (Fsp3) is 0.0909. The molecule has 0 spiro atoms. The van der Waals surface area contributed by atoms with Gasteiger partial charge in [-0.15, -0.1) is 11.3 Å². The van der Waals surface area contributed by atoms with Crippen LogP contribution in [-0.4, -0.2) is 35.6 Å². The second kappa shape index (κ2) is 8.71. The molecule has 0 saturated heterocycles. The molecule has 0 saturated carbocycles. The maximum Gasteiger partial charge on any atom is 0.357 e. The Morgan fingerprint density at radius 2 is 1.80 bits per heavy atom. The summed E-state index contributed by atoms with van der Waals surface area (Å²) in [7, 11) is 1.61. The molecule has 0 aliphatic heterocycles. The van der Waals surface area contributed by atoms with E-state index in [1.54, 1.807) is 19.2 Å². The lowest BCUT2D eigenvalue weighted by Crippen LogP contribution is -2.21. The summed E-state index contributed by atoms with van der Waals surface area (Å²) in [6, 6.07) is 18.3. The van der Waals surface area contributed by atoms with E-state index in [-0.39, 0.29) is 5.69 Å². The van der Waals surface area contributed by atoms with Crippen molar-refractivity contribution in [3.63, 3.8) is 0 Å². The van der Waals surface area contributed by atoms with E-state index in [1.165, 1.54) is 11.3 Å². The van der Waals surface area contributed by atoms with Gasteiger partial charge in [0.05, 0.1) is 18.3 Å². The van der Waals surface area contributed by atoms with E-state index in [0.717, 1.165) is 22.4 Å². The molecule has 0 aliphatic rings. The Morgan fingerprint density at radius 1 is 1.00 bits per heavy atom. The van der Waals surface area contributed by atoms with Crippen molar-refractivity contribution < 1.29 is 19.1 Å². The third kappa shape index (κ3) is 4.44. The summed E-state index contributed by atoms with van der Waals surface area (Å²) in [5, 5.41) is 5.81. The molecule has 0 aliphatic carbocycles. The van der Waals surface area contributed by atoms with Gasteiger partial charge in [0, 0.05) is 16.3 Å².